The normalized spacial score (nSPS) is 11.1. The number of rotatable bonds is 8. The second kappa shape index (κ2) is 20.0. The van der Waals surface area contributed by atoms with Gasteiger partial charge in [0.05, 0.1) is 11.0 Å². The molecule has 0 atom stereocenters. The molecule has 0 unspecified atom stereocenters. The van der Waals surface area contributed by atoms with Crippen LogP contribution in [0.4, 0.5) is 0 Å². The molecule has 0 aliphatic heterocycles. The minimum Gasteiger partial charge on any atom is -0.456 e. The molecule has 12 aromatic rings. The van der Waals surface area contributed by atoms with Crippen LogP contribution in [0.15, 0.2) is 266 Å². The number of fused-ring (bicyclic) bond motifs is 6. The summed E-state index contributed by atoms with van der Waals surface area (Å²) in [7, 11) is 0. The summed E-state index contributed by atoms with van der Waals surface area (Å²) in [6.45, 7) is 9.42. The zero-order valence-corrected chi connectivity index (χ0v) is 39.3. The summed E-state index contributed by atoms with van der Waals surface area (Å²) in [4.78, 5) is 0. The van der Waals surface area contributed by atoms with Crippen molar-refractivity contribution in [3.63, 3.8) is 0 Å². The van der Waals surface area contributed by atoms with Gasteiger partial charge >= 0.3 is 0 Å². The highest BCUT2D eigenvalue weighted by atomic mass is 16.3. The summed E-state index contributed by atoms with van der Waals surface area (Å²) in [5.74, 6) is 0. The highest BCUT2D eigenvalue weighted by Gasteiger charge is 2.16. The van der Waals surface area contributed by atoms with E-state index in [0.717, 1.165) is 38.8 Å². The summed E-state index contributed by atoms with van der Waals surface area (Å²) in [6, 6.07) is 85.4. The standard InChI is InChI=1S/C60H39NO.C5H8.C2H6/c1-4-13-40(14-5-1)42-17-10-18-43(33-42)44-19-11-20-45(34-44)46-21-12-22-47(35-46)50-27-31-59-55(38-50)56-39-51(28-32-60(56)62-59)49-26-30-58-54(37-49)53-36-48(41-15-6-2-7-16-41)25-29-57(53)61(58)52-23-8-3-9-24-52;1-3-5-4-2;1-2/h1-39H;3-5H,1H2,2H3;1-2H3/b;5-4-;. The average Bonchev–Trinajstić information content (AvgIpc) is 3.97. The van der Waals surface area contributed by atoms with Crippen molar-refractivity contribution in [1.29, 1.82) is 0 Å². The Labute approximate surface area is 405 Å². The van der Waals surface area contributed by atoms with Crippen LogP contribution >= 0.6 is 0 Å². The van der Waals surface area contributed by atoms with E-state index in [1.165, 1.54) is 77.4 Å². The number of hydrogen-bond donors (Lipinski definition) is 0. The van der Waals surface area contributed by atoms with Crippen LogP contribution in [0.2, 0.25) is 0 Å². The van der Waals surface area contributed by atoms with Crippen LogP contribution in [-0.4, -0.2) is 4.57 Å². The molecule has 2 heteroatoms. The van der Waals surface area contributed by atoms with Gasteiger partial charge in [-0.1, -0.05) is 196 Å². The summed E-state index contributed by atoms with van der Waals surface area (Å²) in [6.07, 6.45) is 5.58. The quantitative estimate of drug-likeness (QED) is 0.139. The first kappa shape index (κ1) is 44.1. The Bertz CT molecular complexity index is 3760. The van der Waals surface area contributed by atoms with Gasteiger partial charge in [-0.05, 0) is 153 Å². The van der Waals surface area contributed by atoms with E-state index in [0.29, 0.717) is 0 Å². The van der Waals surface area contributed by atoms with E-state index >= 15 is 0 Å². The van der Waals surface area contributed by atoms with Crippen LogP contribution in [0, 0.1) is 0 Å². The molecule has 332 valence electrons. The van der Waals surface area contributed by atoms with E-state index in [4.69, 9.17) is 4.42 Å². The second-order valence-corrected chi connectivity index (χ2v) is 16.9. The van der Waals surface area contributed by atoms with Gasteiger partial charge in [0, 0.05) is 27.2 Å². The third-order valence-electron chi connectivity index (χ3n) is 12.7. The van der Waals surface area contributed by atoms with Crippen molar-refractivity contribution in [1.82, 2.24) is 4.57 Å². The maximum Gasteiger partial charge on any atom is 0.135 e. The second-order valence-electron chi connectivity index (χ2n) is 16.9. The molecule has 2 nitrogen and oxygen atoms in total. The first-order valence-electron chi connectivity index (χ1n) is 23.9. The largest absolute Gasteiger partial charge is 0.456 e. The SMILES string of the molecule is C=C/C=C\C.CC.c1ccc(-c2cccc(-c3cccc(-c4cccc(-c5ccc6oc7ccc(-c8ccc9c(c8)c8cc(-c%10ccccc%10)ccc8n9-c8ccccc8)cc7c6c5)c4)c3)c2)cc1. The van der Waals surface area contributed by atoms with E-state index in [1.54, 1.807) is 6.08 Å². The van der Waals surface area contributed by atoms with Gasteiger partial charge in [0.1, 0.15) is 11.2 Å². The van der Waals surface area contributed by atoms with Crippen molar-refractivity contribution in [2.45, 2.75) is 20.8 Å². The molecule has 0 fully saturated rings. The van der Waals surface area contributed by atoms with Gasteiger partial charge in [0.2, 0.25) is 0 Å². The minimum absolute atomic E-state index is 0.886. The maximum atomic E-state index is 6.45. The van der Waals surface area contributed by atoms with Gasteiger partial charge in [-0.25, -0.2) is 0 Å². The molecule has 12 rings (SSSR count). The van der Waals surface area contributed by atoms with Crippen LogP contribution < -0.4 is 0 Å². The molecule has 0 amide bonds. The Morgan fingerprint density at radius 1 is 0.333 bits per heavy atom. The zero-order chi connectivity index (χ0) is 47.1. The molecule has 0 bridgehead atoms. The lowest BCUT2D eigenvalue weighted by molar-refractivity contribution is 0.669. The highest BCUT2D eigenvalue weighted by Crippen LogP contribution is 2.40. The Morgan fingerprint density at radius 2 is 0.652 bits per heavy atom. The molecule has 0 saturated heterocycles. The smallest absolute Gasteiger partial charge is 0.135 e. The van der Waals surface area contributed by atoms with Gasteiger partial charge in [-0.3, -0.25) is 0 Å². The summed E-state index contributed by atoms with van der Waals surface area (Å²) in [5.41, 5.74) is 19.6. The third kappa shape index (κ3) is 8.97. The Balaban J connectivity index is 0.000000745. The average molecular weight is 888 g/mol. The number of hydrogen-bond acceptors (Lipinski definition) is 1. The topological polar surface area (TPSA) is 18.1 Å². The molecule has 0 spiro atoms. The van der Waals surface area contributed by atoms with Crippen molar-refractivity contribution in [3.05, 3.63) is 261 Å². The number of aromatic nitrogens is 1. The number of para-hydroxylation sites is 1. The molecule has 2 aromatic heterocycles. The number of furan rings is 1. The number of benzene rings is 10. The first-order valence-corrected chi connectivity index (χ1v) is 23.9. The molecule has 0 radical (unpaired) electrons. The van der Waals surface area contributed by atoms with E-state index in [9.17, 15) is 0 Å². The van der Waals surface area contributed by atoms with E-state index in [2.05, 4.69) is 248 Å². The zero-order valence-electron chi connectivity index (χ0n) is 39.3. The fourth-order valence-electron chi connectivity index (χ4n) is 9.41. The lowest BCUT2D eigenvalue weighted by atomic mass is 9.94. The van der Waals surface area contributed by atoms with Gasteiger partial charge in [-0.15, -0.1) is 0 Å². The fraction of sp³-hybridized carbons (Fsp3) is 0.0448. The third-order valence-corrected chi connectivity index (χ3v) is 12.7. The summed E-state index contributed by atoms with van der Waals surface area (Å²) >= 11 is 0. The van der Waals surface area contributed by atoms with E-state index in [-0.39, 0.29) is 0 Å². The van der Waals surface area contributed by atoms with E-state index in [1.807, 2.05) is 32.9 Å². The maximum absolute atomic E-state index is 6.45. The molecule has 10 aromatic carbocycles. The van der Waals surface area contributed by atoms with Crippen LogP contribution in [0.25, 0.3) is 116 Å². The monoisotopic (exact) mass is 887 g/mol. The molecular formula is C67H53NO. The van der Waals surface area contributed by atoms with Crippen LogP contribution in [0.5, 0.6) is 0 Å². The fourth-order valence-corrected chi connectivity index (χ4v) is 9.41. The molecule has 0 aliphatic carbocycles. The molecule has 0 saturated carbocycles. The molecule has 0 aliphatic rings. The van der Waals surface area contributed by atoms with Crippen molar-refractivity contribution in [2.24, 2.45) is 0 Å². The van der Waals surface area contributed by atoms with E-state index < -0.39 is 0 Å². The first-order chi connectivity index (χ1) is 34.1. The van der Waals surface area contributed by atoms with Crippen LogP contribution in [0.1, 0.15) is 20.8 Å². The Kier molecular flexibility index (Phi) is 12.8. The molecular weight excluding hydrogens is 835 g/mol. The Morgan fingerprint density at radius 3 is 1.03 bits per heavy atom. The van der Waals surface area contributed by atoms with Crippen LogP contribution in [-0.2, 0) is 0 Å². The van der Waals surface area contributed by atoms with Crippen molar-refractivity contribution >= 4 is 43.7 Å². The number of allylic oxidation sites excluding steroid dienone is 3. The summed E-state index contributed by atoms with van der Waals surface area (Å²) in [5, 5.41) is 4.68. The minimum atomic E-state index is 0.886. The van der Waals surface area contributed by atoms with Gasteiger partial charge in [-0.2, -0.15) is 0 Å². The molecule has 0 N–H and O–H groups in total. The highest BCUT2D eigenvalue weighted by molar-refractivity contribution is 6.12. The van der Waals surface area contributed by atoms with Gasteiger partial charge < -0.3 is 8.98 Å². The van der Waals surface area contributed by atoms with Gasteiger partial charge in [0.15, 0.2) is 0 Å². The lowest BCUT2D eigenvalue weighted by Crippen LogP contribution is -1.93. The predicted molar refractivity (Wildman–Crippen MR) is 297 cm³/mol. The lowest BCUT2D eigenvalue weighted by Gasteiger charge is -2.10. The van der Waals surface area contributed by atoms with Crippen molar-refractivity contribution in [2.75, 3.05) is 0 Å². The molecule has 69 heavy (non-hydrogen) atoms. The van der Waals surface area contributed by atoms with Crippen LogP contribution in [0.3, 0.4) is 0 Å². The Hall–Kier alpha value is -8.72. The molecule has 2 heterocycles. The van der Waals surface area contributed by atoms with Crippen molar-refractivity contribution in [3.8, 4) is 72.4 Å². The van der Waals surface area contributed by atoms with Gasteiger partial charge in [0.25, 0.3) is 0 Å². The summed E-state index contributed by atoms with van der Waals surface area (Å²) < 4.78 is 8.83. The van der Waals surface area contributed by atoms with Crippen molar-refractivity contribution < 1.29 is 4.42 Å². The number of nitrogens with zero attached hydrogens (tertiary/aromatic N) is 1. The predicted octanol–water partition coefficient (Wildman–Crippen LogP) is 19.5.